The minimum Gasteiger partial charge on any atom is -0.351 e. The fourth-order valence-electron chi connectivity index (χ4n) is 3.21. The maximum absolute atomic E-state index is 13.1. The number of carbonyl (C=O) groups excluding carboxylic acids is 3. The Labute approximate surface area is 158 Å². The molecule has 6 nitrogen and oxygen atoms in total. The normalized spacial score (nSPS) is 15.7. The number of likely N-dealkylation sites (tertiary alicyclic amines) is 1. The number of nitrogens with zero attached hydrogens (tertiary/aromatic N) is 1. The summed E-state index contributed by atoms with van der Waals surface area (Å²) in [6.45, 7) is 6.83. The second kappa shape index (κ2) is 9.85. The summed E-state index contributed by atoms with van der Waals surface area (Å²) in [7, 11) is 0. The highest BCUT2D eigenvalue weighted by atomic mass is 19.1. The third-order valence-electron chi connectivity index (χ3n) is 4.76. The van der Waals surface area contributed by atoms with Gasteiger partial charge >= 0.3 is 0 Å². The molecule has 1 atom stereocenters. The maximum Gasteiger partial charge on any atom is 0.251 e. The standard InChI is InChI=1S/C20H26FN3O3/c1-3-11-22-20(27)18(14-9-12-24(13-10-14)17(25)4-2)23-19(26)15-5-7-16(21)8-6-15/h3,5-8,14,18H,1,4,9-13H2,2H3,(H,22,27)(H,23,26)/t18-/m0/s1. The maximum atomic E-state index is 13.1. The zero-order valence-electron chi connectivity index (χ0n) is 15.5. The van der Waals surface area contributed by atoms with Gasteiger partial charge in [0.15, 0.2) is 0 Å². The van der Waals surface area contributed by atoms with Gasteiger partial charge in [-0.25, -0.2) is 4.39 Å². The number of hydrogen-bond acceptors (Lipinski definition) is 3. The van der Waals surface area contributed by atoms with Crippen LogP contribution in [0.15, 0.2) is 36.9 Å². The lowest BCUT2D eigenvalue weighted by molar-refractivity contribution is -0.132. The summed E-state index contributed by atoms with van der Waals surface area (Å²) in [5, 5.41) is 5.51. The molecule has 0 aromatic heterocycles. The Morgan fingerprint density at radius 2 is 1.89 bits per heavy atom. The van der Waals surface area contributed by atoms with Crippen LogP contribution in [0.1, 0.15) is 36.5 Å². The second-order valence-corrected chi connectivity index (χ2v) is 6.56. The van der Waals surface area contributed by atoms with Gasteiger partial charge in [-0.05, 0) is 43.0 Å². The van der Waals surface area contributed by atoms with Crippen molar-refractivity contribution in [3.05, 3.63) is 48.3 Å². The fourth-order valence-corrected chi connectivity index (χ4v) is 3.21. The van der Waals surface area contributed by atoms with Gasteiger partial charge < -0.3 is 15.5 Å². The average molecular weight is 375 g/mol. The molecular formula is C20H26FN3O3. The van der Waals surface area contributed by atoms with Gasteiger partial charge in [0.2, 0.25) is 11.8 Å². The van der Waals surface area contributed by atoms with Crippen molar-refractivity contribution in [2.45, 2.75) is 32.2 Å². The molecule has 0 unspecified atom stereocenters. The Kier molecular flexibility index (Phi) is 7.52. The highest BCUT2D eigenvalue weighted by molar-refractivity contribution is 5.97. The van der Waals surface area contributed by atoms with Crippen LogP contribution < -0.4 is 10.6 Å². The molecule has 0 saturated carbocycles. The number of hydrogen-bond donors (Lipinski definition) is 2. The molecule has 1 saturated heterocycles. The molecule has 1 aliphatic heterocycles. The molecule has 0 aliphatic carbocycles. The Hall–Kier alpha value is -2.70. The van der Waals surface area contributed by atoms with E-state index in [1.165, 1.54) is 24.3 Å². The van der Waals surface area contributed by atoms with Crippen molar-refractivity contribution in [1.82, 2.24) is 15.5 Å². The number of carbonyl (C=O) groups is 3. The summed E-state index contributed by atoms with van der Waals surface area (Å²) in [6, 6.07) is 4.45. The Morgan fingerprint density at radius 3 is 2.44 bits per heavy atom. The number of piperidine rings is 1. The van der Waals surface area contributed by atoms with Crippen LogP contribution in [0.2, 0.25) is 0 Å². The monoisotopic (exact) mass is 375 g/mol. The molecule has 2 rings (SSSR count). The van der Waals surface area contributed by atoms with E-state index < -0.39 is 17.8 Å². The van der Waals surface area contributed by atoms with Crippen molar-refractivity contribution in [2.75, 3.05) is 19.6 Å². The van der Waals surface area contributed by atoms with Crippen molar-refractivity contribution in [2.24, 2.45) is 5.92 Å². The molecule has 146 valence electrons. The first-order valence-corrected chi connectivity index (χ1v) is 9.19. The van der Waals surface area contributed by atoms with Gasteiger partial charge in [-0.2, -0.15) is 0 Å². The fraction of sp³-hybridized carbons (Fsp3) is 0.450. The predicted molar refractivity (Wildman–Crippen MR) is 100 cm³/mol. The highest BCUT2D eigenvalue weighted by Crippen LogP contribution is 2.22. The van der Waals surface area contributed by atoms with E-state index in [1.807, 2.05) is 6.92 Å². The van der Waals surface area contributed by atoms with Crippen LogP contribution in [-0.4, -0.2) is 48.3 Å². The van der Waals surface area contributed by atoms with E-state index in [-0.39, 0.29) is 23.3 Å². The third-order valence-corrected chi connectivity index (χ3v) is 4.76. The summed E-state index contributed by atoms with van der Waals surface area (Å²) in [6.07, 6.45) is 3.28. The van der Waals surface area contributed by atoms with Crippen LogP contribution >= 0.6 is 0 Å². The molecule has 3 amide bonds. The second-order valence-electron chi connectivity index (χ2n) is 6.56. The van der Waals surface area contributed by atoms with E-state index in [0.29, 0.717) is 38.9 Å². The Morgan fingerprint density at radius 1 is 1.26 bits per heavy atom. The zero-order chi connectivity index (χ0) is 19.8. The average Bonchev–Trinajstić information content (AvgIpc) is 2.70. The molecule has 1 fully saturated rings. The van der Waals surface area contributed by atoms with Crippen molar-refractivity contribution in [3.8, 4) is 0 Å². The molecular weight excluding hydrogens is 349 g/mol. The van der Waals surface area contributed by atoms with E-state index >= 15 is 0 Å². The molecule has 0 radical (unpaired) electrons. The van der Waals surface area contributed by atoms with Crippen molar-refractivity contribution < 1.29 is 18.8 Å². The number of benzene rings is 1. The van der Waals surface area contributed by atoms with Crippen LogP contribution in [0.25, 0.3) is 0 Å². The van der Waals surface area contributed by atoms with Gasteiger partial charge in [0.1, 0.15) is 11.9 Å². The van der Waals surface area contributed by atoms with Gasteiger partial charge in [-0.3, -0.25) is 14.4 Å². The molecule has 1 aromatic carbocycles. The molecule has 27 heavy (non-hydrogen) atoms. The quantitative estimate of drug-likeness (QED) is 0.714. The largest absolute Gasteiger partial charge is 0.351 e. The van der Waals surface area contributed by atoms with Crippen molar-refractivity contribution in [1.29, 1.82) is 0 Å². The van der Waals surface area contributed by atoms with Gasteiger partial charge in [0.05, 0.1) is 0 Å². The summed E-state index contributed by atoms with van der Waals surface area (Å²) in [5.74, 6) is -1.14. The van der Waals surface area contributed by atoms with Crippen LogP contribution in [0, 0.1) is 11.7 Å². The van der Waals surface area contributed by atoms with Gasteiger partial charge in [-0.1, -0.05) is 13.0 Å². The van der Waals surface area contributed by atoms with Crippen LogP contribution in [0.5, 0.6) is 0 Å². The van der Waals surface area contributed by atoms with E-state index in [9.17, 15) is 18.8 Å². The molecule has 2 N–H and O–H groups in total. The van der Waals surface area contributed by atoms with Gasteiger partial charge in [0, 0.05) is 31.6 Å². The topological polar surface area (TPSA) is 78.5 Å². The molecule has 1 aromatic rings. The molecule has 0 bridgehead atoms. The summed E-state index contributed by atoms with van der Waals surface area (Å²) < 4.78 is 13.1. The minimum absolute atomic E-state index is 0.0832. The zero-order valence-corrected chi connectivity index (χ0v) is 15.5. The predicted octanol–water partition coefficient (Wildman–Crippen LogP) is 1.87. The first-order chi connectivity index (χ1) is 13.0. The molecule has 0 spiro atoms. The lowest BCUT2D eigenvalue weighted by atomic mass is 9.88. The number of amides is 3. The van der Waals surface area contributed by atoms with Gasteiger partial charge in [-0.15, -0.1) is 6.58 Å². The first kappa shape index (κ1) is 20.6. The summed E-state index contributed by atoms with van der Waals surface area (Å²) in [4.78, 5) is 38.7. The molecule has 1 heterocycles. The van der Waals surface area contributed by atoms with Crippen LogP contribution in [0.4, 0.5) is 4.39 Å². The first-order valence-electron chi connectivity index (χ1n) is 9.19. The van der Waals surface area contributed by atoms with E-state index in [4.69, 9.17) is 0 Å². The molecule has 1 aliphatic rings. The minimum atomic E-state index is -0.721. The summed E-state index contributed by atoms with van der Waals surface area (Å²) in [5.41, 5.74) is 0.288. The lowest BCUT2D eigenvalue weighted by Crippen LogP contribution is -2.53. The van der Waals surface area contributed by atoms with E-state index in [2.05, 4.69) is 17.2 Å². The third kappa shape index (κ3) is 5.64. The Balaban J connectivity index is 2.08. The van der Waals surface area contributed by atoms with Crippen LogP contribution in [-0.2, 0) is 9.59 Å². The van der Waals surface area contributed by atoms with E-state index in [1.54, 1.807) is 11.0 Å². The molecule has 7 heteroatoms. The Bertz CT molecular complexity index is 682. The number of rotatable bonds is 7. The lowest BCUT2D eigenvalue weighted by Gasteiger charge is -2.35. The van der Waals surface area contributed by atoms with E-state index in [0.717, 1.165) is 0 Å². The van der Waals surface area contributed by atoms with Crippen molar-refractivity contribution >= 4 is 17.7 Å². The van der Waals surface area contributed by atoms with Gasteiger partial charge in [0.25, 0.3) is 5.91 Å². The summed E-state index contributed by atoms with van der Waals surface area (Å²) >= 11 is 0. The highest BCUT2D eigenvalue weighted by Gasteiger charge is 2.33. The smallest absolute Gasteiger partial charge is 0.251 e. The number of nitrogens with one attached hydrogen (secondary N) is 2. The SMILES string of the molecule is C=CCNC(=O)[C@@H](NC(=O)c1ccc(F)cc1)C1CCN(C(=O)CC)CC1. The van der Waals surface area contributed by atoms with Crippen LogP contribution in [0.3, 0.4) is 0 Å². The van der Waals surface area contributed by atoms with Crippen molar-refractivity contribution in [3.63, 3.8) is 0 Å². The number of halogens is 1.